The van der Waals surface area contributed by atoms with Crippen molar-refractivity contribution in [1.29, 1.82) is 0 Å². The zero-order chi connectivity index (χ0) is 11.4. The lowest BCUT2D eigenvalue weighted by atomic mass is 10.1. The second-order valence-electron chi connectivity index (χ2n) is 3.27. The Bertz CT molecular complexity index is 452. The van der Waals surface area contributed by atoms with Crippen LogP contribution in [-0.2, 0) is 9.53 Å². The summed E-state index contributed by atoms with van der Waals surface area (Å²) in [5.41, 5.74) is 2.14. The van der Waals surface area contributed by atoms with E-state index in [4.69, 9.17) is 4.74 Å². The number of ether oxygens (including phenoxy) is 1. The lowest BCUT2D eigenvalue weighted by Gasteiger charge is -1.98. The average molecular weight is 216 g/mol. The molecule has 0 saturated carbocycles. The maximum absolute atomic E-state index is 11.6. The Morgan fingerprint density at radius 3 is 3.06 bits per heavy atom. The predicted octanol–water partition coefficient (Wildman–Crippen LogP) is 1.59. The molecule has 0 bridgehead atoms. The molecule has 1 amide bonds. The molecular weight excluding hydrogens is 204 g/mol. The van der Waals surface area contributed by atoms with E-state index in [-0.39, 0.29) is 5.91 Å². The Hall–Kier alpha value is -2.10. The van der Waals surface area contributed by atoms with Gasteiger partial charge in [0.05, 0.1) is 18.5 Å². The number of nitrogens with zero attached hydrogens (tertiary/aromatic N) is 1. The molecule has 0 unspecified atom stereocenters. The highest BCUT2D eigenvalue weighted by atomic mass is 16.5. The number of hydrogen-bond acceptors (Lipinski definition) is 3. The summed E-state index contributed by atoms with van der Waals surface area (Å²) in [5, 5.41) is 2.76. The molecule has 1 N–H and O–H groups in total. The molecule has 1 aromatic carbocycles. The van der Waals surface area contributed by atoms with Crippen LogP contribution in [0.25, 0.3) is 0 Å². The summed E-state index contributed by atoms with van der Waals surface area (Å²) < 4.78 is 4.94. The van der Waals surface area contributed by atoms with Crippen LogP contribution in [0.3, 0.4) is 0 Å². The van der Waals surface area contributed by atoms with Crippen molar-refractivity contribution >= 4 is 17.3 Å². The van der Waals surface area contributed by atoms with Gasteiger partial charge in [0.25, 0.3) is 5.91 Å². The lowest BCUT2D eigenvalue weighted by molar-refractivity contribution is -0.110. The number of hydrogen-bond donors (Lipinski definition) is 1. The number of para-hydroxylation sites is 1. The van der Waals surface area contributed by atoms with Crippen molar-refractivity contribution in [2.75, 3.05) is 18.5 Å². The van der Waals surface area contributed by atoms with E-state index >= 15 is 0 Å². The second kappa shape index (κ2) is 4.61. The van der Waals surface area contributed by atoms with Crippen LogP contribution in [0.4, 0.5) is 5.69 Å². The van der Waals surface area contributed by atoms with Gasteiger partial charge in [-0.1, -0.05) is 24.8 Å². The normalized spacial score (nSPS) is 15.8. The number of amides is 1. The highest BCUT2D eigenvalue weighted by Gasteiger charge is 2.24. The number of carbonyl (C=O) groups excluding carboxylic acids is 1. The second-order valence-corrected chi connectivity index (χ2v) is 3.27. The smallest absolute Gasteiger partial charge is 0.274 e. The molecule has 16 heavy (non-hydrogen) atoms. The number of fused-ring (bicyclic) bond motifs is 1. The quantitative estimate of drug-likeness (QED) is 0.613. The van der Waals surface area contributed by atoms with Crippen LogP contribution in [0.1, 0.15) is 5.56 Å². The van der Waals surface area contributed by atoms with E-state index in [1.807, 2.05) is 24.3 Å². The molecule has 2 rings (SSSR count). The third kappa shape index (κ3) is 1.95. The fourth-order valence-corrected chi connectivity index (χ4v) is 1.55. The van der Waals surface area contributed by atoms with E-state index in [0.717, 1.165) is 11.3 Å². The van der Waals surface area contributed by atoms with Gasteiger partial charge in [-0.3, -0.25) is 9.79 Å². The SMILES string of the molecule is C=COCCN=C1C(=O)Nc2ccccc21. The summed E-state index contributed by atoms with van der Waals surface area (Å²) in [6, 6.07) is 7.49. The Morgan fingerprint density at radius 2 is 2.25 bits per heavy atom. The van der Waals surface area contributed by atoms with Gasteiger partial charge in [-0.05, 0) is 6.07 Å². The zero-order valence-electron chi connectivity index (χ0n) is 8.77. The van der Waals surface area contributed by atoms with Crippen molar-refractivity contribution in [3.05, 3.63) is 42.7 Å². The maximum Gasteiger partial charge on any atom is 0.274 e. The van der Waals surface area contributed by atoms with E-state index in [0.29, 0.717) is 18.9 Å². The van der Waals surface area contributed by atoms with E-state index in [2.05, 4.69) is 16.9 Å². The van der Waals surface area contributed by atoms with Crippen LogP contribution in [0.5, 0.6) is 0 Å². The summed E-state index contributed by atoms with van der Waals surface area (Å²) in [5.74, 6) is -0.153. The van der Waals surface area contributed by atoms with Crippen molar-refractivity contribution in [3.8, 4) is 0 Å². The van der Waals surface area contributed by atoms with Crippen LogP contribution in [-0.4, -0.2) is 24.8 Å². The molecule has 0 spiro atoms. The monoisotopic (exact) mass is 216 g/mol. The van der Waals surface area contributed by atoms with Crippen LogP contribution in [0, 0.1) is 0 Å². The Balaban J connectivity index is 2.15. The number of anilines is 1. The maximum atomic E-state index is 11.6. The summed E-state index contributed by atoms with van der Waals surface area (Å²) in [7, 11) is 0. The first-order valence-corrected chi connectivity index (χ1v) is 5.00. The Kier molecular flexibility index (Phi) is 3.00. The fraction of sp³-hybridized carbons (Fsp3) is 0.167. The van der Waals surface area contributed by atoms with E-state index in [9.17, 15) is 4.79 Å². The molecule has 82 valence electrons. The van der Waals surface area contributed by atoms with Crippen molar-refractivity contribution < 1.29 is 9.53 Å². The fourth-order valence-electron chi connectivity index (χ4n) is 1.55. The number of nitrogens with one attached hydrogen (secondary N) is 1. The molecule has 4 nitrogen and oxygen atoms in total. The Morgan fingerprint density at radius 1 is 1.44 bits per heavy atom. The minimum absolute atomic E-state index is 0.153. The molecule has 0 fully saturated rings. The van der Waals surface area contributed by atoms with Crippen LogP contribution in [0.2, 0.25) is 0 Å². The van der Waals surface area contributed by atoms with Gasteiger partial charge in [0.2, 0.25) is 0 Å². The lowest BCUT2D eigenvalue weighted by Crippen LogP contribution is -2.15. The summed E-state index contributed by atoms with van der Waals surface area (Å²) in [6.07, 6.45) is 1.36. The van der Waals surface area contributed by atoms with Gasteiger partial charge in [-0.2, -0.15) is 0 Å². The van der Waals surface area contributed by atoms with Gasteiger partial charge in [0.1, 0.15) is 12.3 Å². The summed E-state index contributed by atoms with van der Waals surface area (Å²) in [4.78, 5) is 15.8. The van der Waals surface area contributed by atoms with Gasteiger partial charge in [0.15, 0.2) is 0 Å². The molecular formula is C12H12N2O2. The molecule has 1 heterocycles. The minimum Gasteiger partial charge on any atom is -0.500 e. The molecule has 1 aromatic rings. The van der Waals surface area contributed by atoms with Crippen LogP contribution in [0.15, 0.2) is 42.1 Å². The zero-order valence-corrected chi connectivity index (χ0v) is 8.77. The van der Waals surface area contributed by atoms with Gasteiger partial charge in [0, 0.05) is 5.56 Å². The van der Waals surface area contributed by atoms with Crippen molar-refractivity contribution in [1.82, 2.24) is 0 Å². The van der Waals surface area contributed by atoms with Crippen molar-refractivity contribution in [2.24, 2.45) is 4.99 Å². The summed E-state index contributed by atoms with van der Waals surface area (Å²) in [6.45, 7) is 4.31. The molecule has 0 aromatic heterocycles. The van der Waals surface area contributed by atoms with Crippen LogP contribution >= 0.6 is 0 Å². The first-order valence-electron chi connectivity index (χ1n) is 5.00. The van der Waals surface area contributed by atoms with Crippen molar-refractivity contribution in [3.63, 3.8) is 0 Å². The first-order chi connectivity index (χ1) is 7.83. The predicted molar refractivity (Wildman–Crippen MR) is 62.6 cm³/mol. The molecule has 4 heteroatoms. The van der Waals surface area contributed by atoms with Gasteiger partial charge in [-0.15, -0.1) is 0 Å². The minimum atomic E-state index is -0.153. The molecule has 0 aliphatic carbocycles. The number of aliphatic imine (C=N–C) groups is 1. The molecule has 1 aliphatic heterocycles. The topological polar surface area (TPSA) is 50.7 Å². The Labute approximate surface area is 93.6 Å². The number of benzene rings is 1. The standard InChI is InChI=1S/C12H12N2O2/c1-2-16-8-7-13-11-9-5-3-4-6-10(9)14-12(11)15/h2-6H,1,7-8H2,(H,13,14,15). The van der Waals surface area contributed by atoms with Crippen LogP contribution < -0.4 is 5.32 Å². The molecule has 0 saturated heterocycles. The van der Waals surface area contributed by atoms with E-state index in [1.165, 1.54) is 6.26 Å². The summed E-state index contributed by atoms with van der Waals surface area (Å²) >= 11 is 0. The van der Waals surface area contributed by atoms with E-state index in [1.54, 1.807) is 0 Å². The first kappa shape index (κ1) is 10.4. The number of carbonyl (C=O) groups is 1. The van der Waals surface area contributed by atoms with Gasteiger partial charge < -0.3 is 10.1 Å². The third-order valence-electron chi connectivity index (χ3n) is 2.24. The largest absolute Gasteiger partial charge is 0.500 e. The number of rotatable bonds is 4. The van der Waals surface area contributed by atoms with Gasteiger partial charge in [-0.25, -0.2) is 0 Å². The molecule has 0 radical (unpaired) electrons. The van der Waals surface area contributed by atoms with E-state index < -0.39 is 0 Å². The highest BCUT2D eigenvalue weighted by molar-refractivity contribution is 6.53. The molecule has 0 atom stereocenters. The third-order valence-corrected chi connectivity index (χ3v) is 2.24. The molecule has 1 aliphatic rings. The van der Waals surface area contributed by atoms with Gasteiger partial charge >= 0.3 is 0 Å². The highest BCUT2D eigenvalue weighted by Crippen LogP contribution is 2.22. The average Bonchev–Trinajstić information content (AvgIpc) is 2.61. The van der Waals surface area contributed by atoms with Crippen molar-refractivity contribution in [2.45, 2.75) is 0 Å².